The number of furan rings is 1. The first-order valence-electron chi connectivity index (χ1n) is 31.0. The van der Waals surface area contributed by atoms with Gasteiger partial charge in [-0.25, -0.2) is 4.37 Å². The van der Waals surface area contributed by atoms with Crippen LogP contribution in [0.4, 0.5) is 0 Å². The number of ketones is 3. The summed E-state index contributed by atoms with van der Waals surface area (Å²) in [5, 5.41) is 5.13. The summed E-state index contributed by atoms with van der Waals surface area (Å²) in [4.78, 5) is 75.1. The van der Waals surface area contributed by atoms with Crippen LogP contribution in [-0.4, -0.2) is 110 Å². The van der Waals surface area contributed by atoms with Crippen molar-refractivity contribution in [2.24, 2.45) is 22.2 Å². The lowest BCUT2D eigenvalue weighted by molar-refractivity contribution is -0.155. The SMILES string of the molecule is C.CC(C)(C)C(=O)CCS(=O)CC1CNC1.CC(C)(C)C(=O)CCS(=O)Cc1ccco1.CC(C)(C)C(=O)CCS(=O)Cc1cccs1.CC(C)(C)OC(=O)CCc1ccccc1.CC(C)(C)OC(=O)CCc1ccncc1.CC(C)(C)OC(=O)CCc1ccns1. The number of benzene rings is 1. The second-order valence-electron chi connectivity index (χ2n) is 27.9. The van der Waals surface area contributed by atoms with Crippen molar-refractivity contribution in [3.05, 3.63) is 130 Å². The number of pyridine rings is 1. The molecule has 92 heavy (non-hydrogen) atoms. The van der Waals surface area contributed by atoms with Gasteiger partial charge in [0.15, 0.2) is 0 Å². The van der Waals surface area contributed by atoms with Crippen molar-refractivity contribution in [3.8, 4) is 0 Å². The molecule has 0 amide bonds. The van der Waals surface area contributed by atoms with Crippen LogP contribution in [0.5, 0.6) is 0 Å². The summed E-state index contributed by atoms with van der Waals surface area (Å²) in [6.45, 7) is 35.9. The van der Waals surface area contributed by atoms with Gasteiger partial charge in [0.1, 0.15) is 39.9 Å². The topological polar surface area (TPSA) is 232 Å². The van der Waals surface area contributed by atoms with Gasteiger partial charge >= 0.3 is 17.9 Å². The van der Waals surface area contributed by atoms with Gasteiger partial charge in [0.2, 0.25) is 0 Å². The monoisotopic (exact) mass is 1370 g/mol. The second-order valence-corrected chi connectivity index (χ2v) is 34.6. The molecule has 1 aromatic carbocycles. The van der Waals surface area contributed by atoms with Gasteiger partial charge in [0, 0.05) is 145 Å². The molecule has 0 bridgehead atoms. The van der Waals surface area contributed by atoms with E-state index in [1.807, 2.05) is 191 Å². The summed E-state index contributed by atoms with van der Waals surface area (Å²) in [5.74, 6) is 4.55. The Morgan fingerprint density at radius 2 is 0.935 bits per heavy atom. The summed E-state index contributed by atoms with van der Waals surface area (Å²) < 4.78 is 59.6. The summed E-state index contributed by atoms with van der Waals surface area (Å²) in [6.07, 6.45) is 11.5. The standard InChI is InChI=1S/C13H18O2.C12H17NO2.C12H18O3S.C12H18O2S2.C11H21NO2S.C10H15NO2S.CH4/c1-13(2,3)15-12(14)10-9-11-7-5-4-6-8-11;1-12(2,3)15-11(14)5-4-10-6-8-13-9-7-10;2*1-12(2,3)11(13)6-8-16(14)9-10-5-4-7-15-10;1-11(2,3)10(13)4-5-15(14)8-9-6-12-7-9;1-10(2,3)13-9(12)5-4-8-6-7-11-14-8;/h4-8H,9-10H2,1-3H3;6-9H,4-5H2,1-3H3;2*4-5,7H,6,8-9H2,1-3H3;9,12H,4-8H2,1-3H3;6-7H,4-5H2,1-3H3;1H4. The number of Topliss-reactive ketones (excluding diaryl/α,β-unsaturated/α-hetero) is 3. The van der Waals surface area contributed by atoms with E-state index in [0.29, 0.717) is 85.4 Å². The van der Waals surface area contributed by atoms with E-state index >= 15 is 0 Å². The Labute approximate surface area is 567 Å². The van der Waals surface area contributed by atoms with E-state index in [1.165, 1.54) is 17.1 Å². The fourth-order valence-electron chi connectivity index (χ4n) is 7.27. The number of aryl methyl sites for hydroxylation is 3. The van der Waals surface area contributed by atoms with Crippen LogP contribution < -0.4 is 5.32 Å². The molecule has 3 atom stereocenters. The lowest BCUT2D eigenvalue weighted by Crippen LogP contribution is -2.45. The van der Waals surface area contributed by atoms with Gasteiger partial charge in [-0.3, -0.25) is 46.4 Å². The highest BCUT2D eigenvalue weighted by molar-refractivity contribution is 7.85. The third-order valence-electron chi connectivity index (χ3n) is 12.4. The Balaban J connectivity index is 0.00000108. The van der Waals surface area contributed by atoms with Gasteiger partial charge in [0.05, 0.1) is 24.2 Å². The predicted octanol–water partition coefficient (Wildman–Crippen LogP) is 14.9. The molecule has 518 valence electrons. The van der Waals surface area contributed by atoms with E-state index in [9.17, 15) is 41.4 Å². The van der Waals surface area contributed by atoms with Gasteiger partial charge in [-0.15, -0.1) is 11.3 Å². The van der Waals surface area contributed by atoms with Crippen LogP contribution in [0.2, 0.25) is 0 Å². The molecule has 21 heteroatoms. The summed E-state index contributed by atoms with van der Waals surface area (Å²) in [7, 11) is -2.75. The molecular weight excluding hydrogens is 1260 g/mol. The molecule has 1 saturated heterocycles. The number of esters is 3. The number of nitrogens with one attached hydrogen (secondary N) is 1. The number of carbonyl (C=O) groups excluding carboxylic acids is 6. The average molecular weight is 1380 g/mol. The van der Waals surface area contributed by atoms with Crippen LogP contribution in [0, 0.1) is 22.2 Å². The highest BCUT2D eigenvalue weighted by atomic mass is 32.2. The third-order valence-corrected chi connectivity index (χ3v) is 18.3. The van der Waals surface area contributed by atoms with Crippen LogP contribution in [0.3, 0.4) is 0 Å². The van der Waals surface area contributed by atoms with Crippen molar-refractivity contribution in [3.63, 3.8) is 0 Å². The van der Waals surface area contributed by atoms with Gasteiger partial charge in [-0.1, -0.05) is 106 Å². The maximum atomic E-state index is 11.7. The number of carbonyl (C=O) groups is 6. The summed E-state index contributed by atoms with van der Waals surface area (Å²) in [5.41, 5.74) is 0.178. The molecular formula is C71H111N3O13S5. The number of ether oxygens (including phenoxy) is 3. The molecule has 3 unspecified atom stereocenters. The van der Waals surface area contributed by atoms with Gasteiger partial charge in [-0.05, 0) is 152 Å². The van der Waals surface area contributed by atoms with Gasteiger partial charge in [-0.2, -0.15) is 0 Å². The number of hydrogen-bond acceptors (Lipinski definition) is 18. The van der Waals surface area contributed by atoms with Crippen LogP contribution >= 0.6 is 22.9 Å². The molecule has 4 aromatic heterocycles. The first-order chi connectivity index (χ1) is 42.1. The first kappa shape index (κ1) is 86.8. The Bertz CT molecular complexity index is 2780. The Kier molecular flexibility index (Phi) is 41.3. The molecule has 5 heterocycles. The van der Waals surface area contributed by atoms with Crippen LogP contribution in [0.15, 0.2) is 107 Å². The highest BCUT2D eigenvalue weighted by Gasteiger charge is 2.25. The number of aromatic nitrogens is 2. The van der Waals surface area contributed by atoms with Crippen molar-refractivity contribution >= 4 is 90.5 Å². The zero-order valence-corrected chi connectivity index (χ0v) is 61.7. The average Bonchev–Trinajstić information content (AvgIpc) is 2.04. The lowest BCUT2D eigenvalue weighted by Gasteiger charge is -2.26. The Morgan fingerprint density at radius 3 is 1.30 bits per heavy atom. The zero-order valence-electron chi connectivity index (χ0n) is 57.7. The molecule has 1 fully saturated rings. The van der Waals surface area contributed by atoms with Gasteiger partial charge < -0.3 is 23.9 Å². The second kappa shape index (κ2) is 43.7. The Morgan fingerprint density at radius 1 is 0.500 bits per heavy atom. The van der Waals surface area contributed by atoms with E-state index in [1.54, 1.807) is 48.3 Å². The van der Waals surface area contributed by atoms with E-state index in [4.69, 9.17) is 18.6 Å². The molecule has 5 aromatic rings. The van der Waals surface area contributed by atoms with Crippen molar-refractivity contribution in [1.82, 2.24) is 14.7 Å². The van der Waals surface area contributed by atoms with E-state index < -0.39 is 38.0 Å². The van der Waals surface area contributed by atoms with Crippen molar-refractivity contribution < 1.29 is 60.0 Å². The van der Waals surface area contributed by atoms with Crippen molar-refractivity contribution in [2.45, 2.75) is 218 Å². The van der Waals surface area contributed by atoms with Crippen molar-refractivity contribution in [1.29, 1.82) is 0 Å². The number of nitrogens with zero attached hydrogens (tertiary/aromatic N) is 2. The highest BCUT2D eigenvalue weighted by Crippen LogP contribution is 2.21. The third kappa shape index (κ3) is 46.8. The Hall–Kier alpha value is -5.19. The maximum Gasteiger partial charge on any atom is 0.306 e. The molecule has 0 radical (unpaired) electrons. The van der Waals surface area contributed by atoms with Crippen LogP contribution in [-0.2, 0) is 106 Å². The maximum absolute atomic E-state index is 11.7. The molecule has 1 aliphatic rings. The van der Waals surface area contributed by atoms with E-state index in [2.05, 4.69) is 14.7 Å². The van der Waals surface area contributed by atoms with E-state index in [0.717, 1.165) is 47.0 Å². The quantitative estimate of drug-likeness (QED) is 0.0447. The van der Waals surface area contributed by atoms with Crippen molar-refractivity contribution in [2.75, 3.05) is 36.1 Å². The minimum atomic E-state index is -1.02. The fraction of sp³-hybridized carbons (Fsp3) is 0.606. The summed E-state index contributed by atoms with van der Waals surface area (Å²) >= 11 is 3.04. The molecule has 0 spiro atoms. The fourth-order valence-corrected chi connectivity index (χ4v) is 12.3. The smallest absolute Gasteiger partial charge is 0.306 e. The van der Waals surface area contributed by atoms with Gasteiger partial charge in [0.25, 0.3) is 0 Å². The van der Waals surface area contributed by atoms with E-state index in [-0.39, 0.29) is 70.1 Å². The molecule has 1 aliphatic heterocycles. The normalized spacial score (nSPS) is 13.3. The minimum absolute atomic E-state index is 0. The number of rotatable bonds is 24. The minimum Gasteiger partial charge on any atom is -0.468 e. The molecule has 6 rings (SSSR count). The first-order valence-corrected chi connectivity index (χ1v) is 37.1. The molecule has 1 N–H and O–H groups in total. The molecule has 0 saturated carbocycles. The number of thiophene rings is 1. The van der Waals surface area contributed by atoms with Crippen LogP contribution in [0.1, 0.15) is 197 Å². The predicted molar refractivity (Wildman–Crippen MR) is 380 cm³/mol. The molecule has 16 nitrogen and oxygen atoms in total. The largest absolute Gasteiger partial charge is 0.468 e. The number of hydrogen-bond donors (Lipinski definition) is 1. The zero-order chi connectivity index (χ0) is 69.1. The molecule has 0 aliphatic carbocycles. The summed E-state index contributed by atoms with van der Waals surface area (Å²) in [6, 6.07) is 23.2. The van der Waals surface area contributed by atoms with Crippen LogP contribution in [0.25, 0.3) is 0 Å². The lowest BCUT2D eigenvalue weighted by atomic mass is 9.89.